The average Bonchev–Trinajstić information content (AvgIpc) is 2.97. The molecule has 0 aliphatic heterocycles. The Hall–Kier alpha value is -2.89. The lowest BCUT2D eigenvalue weighted by Gasteiger charge is -2.09. The molecule has 0 amide bonds. The normalized spacial score (nSPS) is 10.6. The number of nitrogens with one attached hydrogen (secondary N) is 1. The van der Waals surface area contributed by atoms with E-state index in [-0.39, 0.29) is 5.69 Å². The molecule has 0 unspecified atom stereocenters. The molecule has 0 aliphatic carbocycles. The molecule has 0 radical (unpaired) electrons. The second kappa shape index (κ2) is 5.00. The highest BCUT2D eigenvalue weighted by molar-refractivity contribution is 5.95. The number of hydrogen-bond donors (Lipinski definition) is 1. The van der Waals surface area contributed by atoms with Gasteiger partial charge in [-0.3, -0.25) is 10.1 Å². The molecule has 1 aromatic carbocycles. The lowest BCUT2D eigenvalue weighted by Crippen LogP contribution is -2.03. The third-order valence-corrected chi connectivity index (χ3v) is 3.00. The SMILES string of the molecule is O=[N+]([O-])c1cnc2ccccc2c1NCc1ccoc1. The van der Waals surface area contributed by atoms with Gasteiger partial charge in [0, 0.05) is 17.5 Å². The van der Waals surface area contributed by atoms with E-state index in [4.69, 9.17) is 4.42 Å². The van der Waals surface area contributed by atoms with Crippen LogP contribution in [0.2, 0.25) is 0 Å². The van der Waals surface area contributed by atoms with E-state index in [1.165, 1.54) is 6.20 Å². The van der Waals surface area contributed by atoms with Crippen molar-refractivity contribution in [3.63, 3.8) is 0 Å². The van der Waals surface area contributed by atoms with Crippen molar-refractivity contribution in [1.82, 2.24) is 4.98 Å². The maximum absolute atomic E-state index is 11.1. The van der Waals surface area contributed by atoms with Gasteiger partial charge in [0.15, 0.2) is 0 Å². The molecule has 3 aromatic rings. The first kappa shape index (κ1) is 12.2. The molecule has 0 aliphatic rings. The highest BCUT2D eigenvalue weighted by Gasteiger charge is 2.17. The summed E-state index contributed by atoms with van der Waals surface area (Å²) in [5, 5.41) is 15.0. The fourth-order valence-corrected chi connectivity index (χ4v) is 2.04. The Morgan fingerprint density at radius 1 is 1.30 bits per heavy atom. The third-order valence-electron chi connectivity index (χ3n) is 3.00. The van der Waals surface area contributed by atoms with Crippen LogP contribution in [0, 0.1) is 10.1 Å². The Kier molecular flexibility index (Phi) is 3.04. The van der Waals surface area contributed by atoms with E-state index in [2.05, 4.69) is 10.3 Å². The standard InChI is InChI=1S/C14H11N3O3/c18-17(19)13-8-15-12-4-2-1-3-11(12)14(13)16-7-10-5-6-20-9-10/h1-6,8-9H,7H2,(H,15,16). The minimum atomic E-state index is -0.433. The van der Waals surface area contributed by atoms with E-state index in [9.17, 15) is 10.1 Å². The summed E-state index contributed by atoms with van der Waals surface area (Å²) in [7, 11) is 0. The minimum Gasteiger partial charge on any atom is -0.472 e. The van der Waals surface area contributed by atoms with Crippen LogP contribution < -0.4 is 5.32 Å². The Morgan fingerprint density at radius 2 is 2.15 bits per heavy atom. The Labute approximate surface area is 114 Å². The molecule has 2 heterocycles. The lowest BCUT2D eigenvalue weighted by atomic mass is 10.1. The number of nitrogens with zero attached hydrogens (tertiary/aromatic N) is 2. The topological polar surface area (TPSA) is 81.2 Å². The van der Waals surface area contributed by atoms with Gasteiger partial charge in [0.1, 0.15) is 11.9 Å². The summed E-state index contributed by atoms with van der Waals surface area (Å²) in [4.78, 5) is 14.8. The number of benzene rings is 1. The van der Waals surface area contributed by atoms with Crippen LogP contribution in [0.5, 0.6) is 0 Å². The molecular formula is C14H11N3O3. The van der Waals surface area contributed by atoms with Crippen LogP contribution >= 0.6 is 0 Å². The van der Waals surface area contributed by atoms with E-state index in [1.54, 1.807) is 12.5 Å². The van der Waals surface area contributed by atoms with Gasteiger partial charge in [0.25, 0.3) is 0 Å². The van der Waals surface area contributed by atoms with Gasteiger partial charge in [0.2, 0.25) is 0 Å². The van der Waals surface area contributed by atoms with Crippen LogP contribution in [-0.4, -0.2) is 9.91 Å². The first-order valence-electron chi connectivity index (χ1n) is 6.03. The quantitative estimate of drug-likeness (QED) is 0.580. The molecule has 0 fully saturated rings. The van der Waals surface area contributed by atoms with Crippen molar-refractivity contribution in [2.75, 3.05) is 5.32 Å². The van der Waals surface area contributed by atoms with E-state index in [0.29, 0.717) is 17.7 Å². The smallest absolute Gasteiger partial charge is 0.311 e. The Balaban J connectivity index is 2.05. The highest BCUT2D eigenvalue weighted by Crippen LogP contribution is 2.31. The largest absolute Gasteiger partial charge is 0.472 e. The molecule has 6 nitrogen and oxygen atoms in total. The van der Waals surface area contributed by atoms with Gasteiger partial charge in [-0.15, -0.1) is 0 Å². The van der Waals surface area contributed by atoms with Gasteiger partial charge in [0.05, 0.1) is 23.0 Å². The van der Waals surface area contributed by atoms with Crippen LogP contribution in [0.15, 0.2) is 53.5 Å². The van der Waals surface area contributed by atoms with Gasteiger partial charge in [-0.2, -0.15) is 0 Å². The van der Waals surface area contributed by atoms with Crippen molar-refractivity contribution >= 4 is 22.3 Å². The Bertz CT molecular complexity index is 753. The number of rotatable bonds is 4. The number of pyridine rings is 1. The number of hydrogen-bond acceptors (Lipinski definition) is 5. The summed E-state index contributed by atoms with van der Waals surface area (Å²) in [6.45, 7) is 0.450. The summed E-state index contributed by atoms with van der Waals surface area (Å²) in [6, 6.07) is 9.12. The van der Waals surface area contributed by atoms with E-state index >= 15 is 0 Å². The van der Waals surface area contributed by atoms with Crippen molar-refractivity contribution < 1.29 is 9.34 Å². The fraction of sp³-hybridized carbons (Fsp3) is 0.0714. The van der Waals surface area contributed by atoms with Crippen molar-refractivity contribution in [2.24, 2.45) is 0 Å². The maximum Gasteiger partial charge on any atom is 0.311 e. The third kappa shape index (κ3) is 2.18. The van der Waals surface area contributed by atoms with Gasteiger partial charge in [-0.1, -0.05) is 18.2 Å². The zero-order valence-electron chi connectivity index (χ0n) is 10.4. The van der Waals surface area contributed by atoms with E-state index < -0.39 is 4.92 Å². The molecule has 100 valence electrons. The van der Waals surface area contributed by atoms with Crippen LogP contribution in [0.1, 0.15) is 5.56 Å². The fourth-order valence-electron chi connectivity index (χ4n) is 2.04. The van der Waals surface area contributed by atoms with Gasteiger partial charge >= 0.3 is 5.69 Å². The number of anilines is 1. The number of nitro groups is 1. The predicted octanol–water partition coefficient (Wildman–Crippen LogP) is 3.35. The van der Waals surface area contributed by atoms with Crippen molar-refractivity contribution in [3.05, 3.63) is 64.7 Å². The minimum absolute atomic E-state index is 0.0350. The molecule has 0 saturated carbocycles. The van der Waals surface area contributed by atoms with Gasteiger partial charge in [-0.25, -0.2) is 4.98 Å². The second-order valence-corrected chi connectivity index (χ2v) is 4.28. The summed E-state index contributed by atoms with van der Waals surface area (Å²) in [6.07, 6.45) is 4.44. The summed E-state index contributed by atoms with van der Waals surface area (Å²) in [5.74, 6) is 0. The van der Waals surface area contributed by atoms with Gasteiger partial charge in [-0.05, 0) is 12.1 Å². The van der Waals surface area contributed by atoms with Crippen molar-refractivity contribution in [1.29, 1.82) is 0 Å². The van der Waals surface area contributed by atoms with E-state index in [1.807, 2.05) is 30.3 Å². The molecule has 0 saturated heterocycles. The molecule has 6 heteroatoms. The first-order valence-corrected chi connectivity index (χ1v) is 6.03. The summed E-state index contributed by atoms with van der Waals surface area (Å²) < 4.78 is 4.98. The van der Waals surface area contributed by atoms with Crippen LogP contribution in [-0.2, 0) is 6.54 Å². The number of para-hydroxylation sites is 1. The molecule has 0 atom stereocenters. The first-order chi connectivity index (χ1) is 9.75. The zero-order chi connectivity index (χ0) is 13.9. The maximum atomic E-state index is 11.1. The molecule has 2 aromatic heterocycles. The van der Waals surface area contributed by atoms with Crippen LogP contribution in [0.3, 0.4) is 0 Å². The lowest BCUT2D eigenvalue weighted by molar-refractivity contribution is -0.384. The van der Waals surface area contributed by atoms with Crippen LogP contribution in [0.4, 0.5) is 11.4 Å². The number of furan rings is 1. The van der Waals surface area contributed by atoms with E-state index in [0.717, 1.165) is 10.9 Å². The van der Waals surface area contributed by atoms with Gasteiger partial charge < -0.3 is 9.73 Å². The summed E-state index contributed by atoms with van der Waals surface area (Å²) >= 11 is 0. The molecule has 1 N–H and O–H groups in total. The predicted molar refractivity (Wildman–Crippen MR) is 74.4 cm³/mol. The van der Waals surface area contributed by atoms with Crippen molar-refractivity contribution in [3.8, 4) is 0 Å². The number of fused-ring (bicyclic) bond motifs is 1. The number of aromatic nitrogens is 1. The molecule has 0 bridgehead atoms. The summed E-state index contributed by atoms with van der Waals surface area (Å²) in [5.41, 5.74) is 2.07. The van der Waals surface area contributed by atoms with Crippen molar-refractivity contribution in [2.45, 2.75) is 6.54 Å². The monoisotopic (exact) mass is 269 g/mol. The Morgan fingerprint density at radius 3 is 2.90 bits per heavy atom. The average molecular weight is 269 g/mol. The zero-order valence-corrected chi connectivity index (χ0v) is 10.4. The molecule has 0 spiro atoms. The highest BCUT2D eigenvalue weighted by atomic mass is 16.6. The molecule has 3 rings (SSSR count). The van der Waals surface area contributed by atoms with Crippen LogP contribution in [0.25, 0.3) is 10.9 Å². The molecular weight excluding hydrogens is 258 g/mol. The molecule has 20 heavy (non-hydrogen) atoms. The second-order valence-electron chi connectivity index (χ2n) is 4.28.